The van der Waals surface area contributed by atoms with E-state index < -0.39 is 0 Å². The van der Waals surface area contributed by atoms with Crippen LogP contribution in [-0.2, 0) is 0 Å². The first-order chi connectivity index (χ1) is 8.47. The van der Waals surface area contributed by atoms with Crippen molar-refractivity contribution in [2.75, 3.05) is 0 Å². The molecule has 1 aromatic carbocycles. The Bertz CT molecular complexity index is 599. The highest BCUT2D eigenvalue weighted by atomic mass is 35.5. The highest BCUT2D eigenvalue weighted by Gasteiger charge is 2.11. The third-order valence-electron chi connectivity index (χ3n) is 2.39. The summed E-state index contributed by atoms with van der Waals surface area (Å²) in [7, 11) is 0. The predicted octanol–water partition coefficient (Wildman–Crippen LogP) is 5.45. The molecule has 94 valence electrons. The highest BCUT2D eigenvalue weighted by molar-refractivity contribution is 6.42. The van der Waals surface area contributed by atoms with Gasteiger partial charge in [0, 0.05) is 0 Å². The minimum Gasteiger partial charge on any atom is -0.437 e. The van der Waals surface area contributed by atoms with Crippen LogP contribution in [0.1, 0.15) is 11.1 Å². The summed E-state index contributed by atoms with van der Waals surface area (Å²) >= 11 is 17.6. The Morgan fingerprint density at radius 2 is 1.72 bits per heavy atom. The van der Waals surface area contributed by atoms with Gasteiger partial charge in [-0.3, -0.25) is 0 Å². The van der Waals surface area contributed by atoms with Gasteiger partial charge >= 0.3 is 0 Å². The third-order valence-corrected chi connectivity index (χ3v) is 3.34. The molecule has 0 aliphatic carbocycles. The lowest BCUT2D eigenvalue weighted by atomic mass is 10.1. The summed E-state index contributed by atoms with van der Waals surface area (Å²) < 4.78 is 5.64. The Kier molecular flexibility index (Phi) is 4.00. The fourth-order valence-corrected chi connectivity index (χ4v) is 2.05. The lowest BCUT2D eigenvalue weighted by molar-refractivity contribution is 0.460. The van der Waals surface area contributed by atoms with E-state index in [2.05, 4.69) is 4.98 Å². The Hall–Kier alpha value is -0.960. The summed E-state index contributed by atoms with van der Waals surface area (Å²) in [6.07, 6.45) is 0. The molecule has 0 saturated carbocycles. The van der Waals surface area contributed by atoms with Gasteiger partial charge in [-0.15, -0.1) is 0 Å². The van der Waals surface area contributed by atoms with Crippen molar-refractivity contribution < 1.29 is 4.74 Å². The van der Waals surface area contributed by atoms with Gasteiger partial charge < -0.3 is 4.74 Å². The van der Waals surface area contributed by atoms with Crippen LogP contribution in [0.15, 0.2) is 24.3 Å². The molecule has 0 aliphatic rings. The number of aromatic nitrogens is 1. The third kappa shape index (κ3) is 2.89. The topological polar surface area (TPSA) is 22.1 Å². The second-order valence-electron chi connectivity index (χ2n) is 3.92. The lowest BCUT2D eigenvalue weighted by Crippen LogP contribution is -1.92. The zero-order valence-electron chi connectivity index (χ0n) is 9.80. The van der Waals surface area contributed by atoms with Crippen LogP contribution in [0.2, 0.25) is 15.2 Å². The number of ether oxygens (including phenoxy) is 1. The average molecular weight is 303 g/mol. The van der Waals surface area contributed by atoms with Gasteiger partial charge in [-0.1, -0.05) is 52.5 Å². The zero-order valence-corrected chi connectivity index (χ0v) is 12.1. The van der Waals surface area contributed by atoms with E-state index in [-0.39, 0.29) is 11.0 Å². The summed E-state index contributed by atoms with van der Waals surface area (Å²) in [6, 6.07) is 7.34. The molecule has 0 aliphatic heterocycles. The lowest BCUT2D eigenvalue weighted by Gasteiger charge is -2.10. The second kappa shape index (κ2) is 5.35. The van der Waals surface area contributed by atoms with Gasteiger partial charge in [0.25, 0.3) is 0 Å². The highest BCUT2D eigenvalue weighted by Crippen LogP contribution is 2.34. The van der Waals surface area contributed by atoms with Crippen LogP contribution in [0.25, 0.3) is 0 Å². The Labute approximate surface area is 120 Å². The van der Waals surface area contributed by atoms with Crippen LogP contribution in [-0.4, -0.2) is 4.98 Å². The molecule has 2 rings (SSSR count). The molecule has 1 aromatic heterocycles. The summed E-state index contributed by atoms with van der Waals surface area (Å²) in [4.78, 5) is 4.01. The summed E-state index contributed by atoms with van der Waals surface area (Å²) in [6.45, 7) is 3.97. The number of benzene rings is 1. The normalized spacial score (nSPS) is 10.5. The van der Waals surface area contributed by atoms with Crippen molar-refractivity contribution in [2.24, 2.45) is 0 Å². The first-order valence-corrected chi connectivity index (χ1v) is 6.37. The van der Waals surface area contributed by atoms with Crippen LogP contribution in [0.3, 0.4) is 0 Å². The predicted molar refractivity (Wildman–Crippen MR) is 75.3 cm³/mol. The van der Waals surface area contributed by atoms with Crippen molar-refractivity contribution in [3.05, 3.63) is 50.6 Å². The van der Waals surface area contributed by atoms with E-state index in [0.717, 1.165) is 11.1 Å². The number of pyridine rings is 1. The van der Waals surface area contributed by atoms with E-state index in [4.69, 9.17) is 39.5 Å². The maximum absolute atomic E-state index is 6.00. The molecule has 0 bridgehead atoms. The Morgan fingerprint density at radius 1 is 1.00 bits per heavy atom. The zero-order chi connectivity index (χ0) is 13.3. The van der Waals surface area contributed by atoms with Crippen molar-refractivity contribution in [1.29, 1.82) is 0 Å². The first kappa shape index (κ1) is 13.5. The van der Waals surface area contributed by atoms with Gasteiger partial charge in [0.1, 0.15) is 10.8 Å². The van der Waals surface area contributed by atoms with E-state index in [1.165, 1.54) is 6.07 Å². The molecular weight excluding hydrogens is 293 g/mol. The molecule has 0 spiro atoms. The van der Waals surface area contributed by atoms with Crippen molar-refractivity contribution in [1.82, 2.24) is 4.98 Å². The van der Waals surface area contributed by atoms with Gasteiger partial charge in [-0.25, -0.2) is 0 Å². The van der Waals surface area contributed by atoms with Crippen molar-refractivity contribution in [2.45, 2.75) is 13.8 Å². The monoisotopic (exact) mass is 301 g/mol. The molecule has 5 heteroatoms. The molecule has 0 amide bonds. The molecule has 0 saturated heterocycles. The standard InChI is InChI=1S/C13H10Cl3NO/c1-7-3-4-11(8(2)5-7)18-13-10(15)6-9(14)12(16)17-13/h3-6H,1-2H3. The molecule has 0 unspecified atom stereocenters. The van der Waals surface area contributed by atoms with E-state index in [0.29, 0.717) is 15.8 Å². The number of aryl methyl sites for hydroxylation is 2. The summed E-state index contributed by atoms with van der Waals surface area (Å²) in [5.74, 6) is 0.936. The Balaban J connectivity index is 2.37. The van der Waals surface area contributed by atoms with Gasteiger partial charge in [-0.05, 0) is 31.5 Å². The number of rotatable bonds is 2. The largest absolute Gasteiger partial charge is 0.437 e. The number of hydrogen-bond acceptors (Lipinski definition) is 2. The molecule has 0 fully saturated rings. The van der Waals surface area contributed by atoms with Gasteiger partial charge in [0.2, 0.25) is 5.88 Å². The first-order valence-electron chi connectivity index (χ1n) is 5.24. The smallest absolute Gasteiger partial charge is 0.239 e. The quantitative estimate of drug-likeness (QED) is 0.688. The average Bonchev–Trinajstić information content (AvgIpc) is 2.29. The fraction of sp³-hybridized carbons (Fsp3) is 0.154. The summed E-state index contributed by atoms with van der Waals surface area (Å²) in [5.41, 5.74) is 2.16. The Morgan fingerprint density at radius 3 is 2.39 bits per heavy atom. The number of hydrogen-bond donors (Lipinski definition) is 0. The number of halogens is 3. The van der Waals surface area contributed by atoms with Crippen molar-refractivity contribution >= 4 is 34.8 Å². The van der Waals surface area contributed by atoms with Crippen LogP contribution in [0, 0.1) is 13.8 Å². The van der Waals surface area contributed by atoms with Crippen molar-refractivity contribution in [3.63, 3.8) is 0 Å². The number of nitrogens with zero attached hydrogens (tertiary/aromatic N) is 1. The minimum absolute atomic E-state index is 0.167. The molecular formula is C13H10Cl3NO. The fourth-order valence-electron chi connectivity index (χ4n) is 1.52. The molecule has 2 aromatic rings. The van der Waals surface area contributed by atoms with E-state index in [9.17, 15) is 0 Å². The van der Waals surface area contributed by atoms with E-state index >= 15 is 0 Å². The minimum atomic E-state index is 0.167. The van der Waals surface area contributed by atoms with Crippen LogP contribution in [0.4, 0.5) is 0 Å². The molecule has 0 radical (unpaired) electrons. The van der Waals surface area contributed by atoms with Gasteiger partial charge in [0.05, 0.1) is 5.02 Å². The molecule has 0 N–H and O–H groups in total. The van der Waals surface area contributed by atoms with Gasteiger partial charge in [0.15, 0.2) is 5.15 Å². The van der Waals surface area contributed by atoms with Crippen LogP contribution < -0.4 is 4.74 Å². The maximum atomic E-state index is 6.00. The van der Waals surface area contributed by atoms with Crippen molar-refractivity contribution in [3.8, 4) is 11.6 Å². The van der Waals surface area contributed by atoms with E-state index in [1.54, 1.807) is 0 Å². The molecule has 1 heterocycles. The van der Waals surface area contributed by atoms with Gasteiger partial charge in [-0.2, -0.15) is 4.98 Å². The van der Waals surface area contributed by atoms with E-state index in [1.807, 2.05) is 32.0 Å². The SMILES string of the molecule is Cc1ccc(Oc2nc(Cl)c(Cl)cc2Cl)c(C)c1. The maximum Gasteiger partial charge on any atom is 0.239 e. The van der Waals surface area contributed by atoms with Crippen LogP contribution in [0.5, 0.6) is 11.6 Å². The summed E-state index contributed by atoms with van der Waals surface area (Å²) in [5, 5.41) is 0.792. The molecule has 2 nitrogen and oxygen atoms in total. The van der Waals surface area contributed by atoms with Crippen LogP contribution >= 0.6 is 34.8 Å². The molecule has 18 heavy (non-hydrogen) atoms. The second-order valence-corrected chi connectivity index (χ2v) is 5.09. The molecule has 0 atom stereocenters.